The second kappa shape index (κ2) is 7.66. The third-order valence-electron chi connectivity index (χ3n) is 3.57. The number of amides is 1. The van der Waals surface area contributed by atoms with E-state index in [0.717, 1.165) is 19.0 Å². The quantitative estimate of drug-likeness (QED) is 0.728. The van der Waals surface area contributed by atoms with Gasteiger partial charge >= 0.3 is 0 Å². The molecular weight excluding hydrogens is 200 g/mol. The van der Waals surface area contributed by atoms with E-state index in [2.05, 4.69) is 17.6 Å². The number of carbonyl (C=O) groups excluding carboxylic acids is 1. The first-order chi connectivity index (χ1) is 7.77. The molecule has 2 N–H and O–H groups in total. The monoisotopic (exact) mass is 226 g/mol. The minimum absolute atomic E-state index is 0.166. The summed E-state index contributed by atoms with van der Waals surface area (Å²) in [5.41, 5.74) is 0. The predicted octanol–water partition coefficient (Wildman–Crippen LogP) is 2.07. The van der Waals surface area contributed by atoms with Gasteiger partial charge in [-0.05, 0) is 25.7 Å². The van der Waals surface area contributed by atoms with Gasteiger partial charge in [-0.1, -0.05) is 26.2 Å². The number of hydrogen-bond acceptors (Lipinski definition) is 2. The lowest BCUT2D eigenvalue weighted by molar-refractivity contribution is -0.120. The van der Waals surface area contributed by atoms with Gasteiger partial charge in [-0.15, -0.1) is 0 Å². The first-order valence-corrected chi connectivity index (χ1v) is 6.78. The highest BCUT2D eigenvalue weighted by atomic mass is 16.1. The Balaban J connectivity index is 2.17. The van der Waals surface area contributed by atoms with E-state index in [-0.39, 0.29) is 5.91 Å². The summed E-state index contributed by atoms with van der Waals surface area (Å²) in [5, 5.41) is 6.38. The zero-order valence-corrected chi connectivity index (χ0v) is 10.7. The Bertz CT molecular complexity index is 206. The molecule has 0 spiro atoms. The normalized spacial score (nSPS) is 25.4. The molecule has 0 bridgehead atoms. The number of hydrogen-bond donors (Lipinski definition) is 2. The molecule has 2 unspecified atom stereocenters. The highest BCUT2D eigenvalue weighted by Gasteiger charge is 2.22. The number of nitrogens with one attached hydrogen (secondary N) is 2. The van der Waals surface area contributed by atoms with Crippen LogP contribution in [0.25, 0.3) is 0 Å². The van der Waals surface area contributed by atoms with E-state index in [1.54, 1.807) is 0 Å². The Kier molecular flexibility index (Phi) is 6.46. The van der Waals surface area contributed by atoms with Crippen molar-refractivity contribution < 1.29 is 4.79 Å². The molecule has 1 saturated carbocycles. The molecule has 3 heteroatoms. The van der Waals surface area contributed by atoms with E-state index >= 15 is 0 Å². The van der Waals surface area contributed by atoms with Gasteiger partial charge < -0.3 is 10.6 Å². The molecule has 0 aromatic rings. The van der Waals surface area contributed by atoms with Gasteiger partial charge in [0.1, 0.15) is 0 Å². The van der Waals surface area contributed by atoms with Crippen molar-refractivity contribution in [1.82, 2.24) is 10.6 Å². The molecule has 0 saturated heterocycles. The third kappa shape index (κ3) is 4.52. The van der Waals surface area contributed by atoms with Crippen LogP contribution in [0.4, 0.5) is 0 Å². The predicted molar refractivity (Wildman–Crippen MR) is 67.3 cm³/mol. The summed E-state index contributed by atoms with van der Waals surface area (Å²) in [5.74, 6) is 0.988. The SMILES string of the molecule is CCNC(=O)CCNC1CCCCC1CC. The fraction of sp³-hybridized carbons (Fsp3) is 0.923. The maximum absolute atomic E-state index is 11.3. The van der Waals surface area contributed by atoms with Gasteiger partial charge in [0.25, 0.3) is 0 Å². The highest BCUT2D eigenvalue weighted by molar-refractivity contribution is 5.75. The van der Waals surface area contributed by atoms with Crippen LogP contribution in [0.5, 0.6) is 0 Å². The van der Waals surface area contributed by atoms with Crippen LogP contribution < -0.4 is 10.6 Å². The van der Waals surface area contributed by atoms with E-state index in [1.165, 1.54) is 32.1 Å². The van der Waals surface area contributed by atoms with E-state index in [9.17, 15) is 4.79 Å². The molecule has 0 radical (unpaired) electrons. The zero-order valence-electron chi connectivity index (χ0n) is 10.7. The summed E-state index contributed by atoms with van der Waals surface area (Å²) < 4.78 is 0. The Morgan fingerprint density at radius 1 is 1.25 bits per heavy atom. The molecule has 3 nitrogen and oxygen atoms in total. The van der Waals surface area contributed by atoms with Crippen molar-refractivity contribution in [2.45, 2.75) is 58.4 Å². The average molecular weight is 226 g/mol. The Morgan fingerprint density at radius 3 is 2.69 bits per heavy atom. The first-order valence-electron chi connectivity index (χ1n) is 6.78. The van der Waals surface area contributed by atoms with E-state index in [0.29, 0.717) is 12.5 Å². The standard InChI is InChI=1S/C13H26N2O/c1-3-11-7-5-6-8-12(11)15-10-9-13(16)14-4-2/h11-12,15H,3-10H2,1-2H3,(H,14,16). The van der Waals surface area contributed by atoms with Crippen molar-refractivity contribution in [3.8, 4) is 0 Å². The summed E-state index contributed by atoms with van der Waals surface area (Å²) >= 11 is 0. The minimum Gasteiger partial charge on any atom is -0.356 e. The van der Waals surface area contributed by atoms with E-state index in [1.807, 2.05) is 6.92 Å². The van der Waals surface area contributed by atoms with Crippen molar-refractivity contribution in [2.75, 3.05) is 13.1 Å². The second-order valence-electron chi connectivity index (χ2n) is 4.72. The van der Waals surface area contributed by atoms with Gasteiger partial charge in [0, 0.05) is 25.6 Å². The summed E-state index contributed by atoms with van der Waals surface area (Å²) in [7, 11) is 0. The smallest absolute Gasteiger partial charge is 0.221 e. The molecule has 1 fully saturated rings. The molecule has 1 aliphatic carbocycles. The van der Waals surface area contributed by atoms with Gasteiger partial charge in [-0.2, -0.15) is 0 Å². The van der Waals surface area contributed by atoms with Crippen LogP contribution in [0, 0.1) is 5.92 Å². The molecule has 1 rings (SSSR count). The maximum atomic E-state index is 11.3. The Morgan fingerprint density at radius 2 is 2.00 bits per heavy atom. The van der Waals surface area contributed by atoms with Crippen molar-refractivity contribution >= 4 is 5.91 Å². The van der Waals surface area contributed by atoms with Crippen molar-refractivity contribution in [2.24, 2.45) is 5.92 Å². The maximum Gasteiger partial charge on any atom is 0.221 e. The largest absolute Gasteiger partial charge is 0.356 e. The molecular formula is C13H26N2O. The van der Waals surface area contributed by atoms with Crippen LogP contribution in [0.3, 0.4) is 0 Å². The van der Waals surface area contributed by atoms with Crippen LogP contribution >= 0.6 is 0 Å². The fourth-order valence-corrected chi connectivity index (χ4v) is 2.62. The Labute approximate surface area is 99.4 Å². The molecule has 16 heavy (non-hydrogen) atoms. The minimum atomic E-state index is 0.166. The van der Waals surface area contributed by atoms with Crippen molar-refractivity contribution in [3.63, 3.8) is 0 Å². The van der Waals surface area contributed by atoms with Crippen LogP contribution in [0.1, 0.15) is 52.4 Å². The molecule has 0 aliphatic heterocycles. The fourth-order valence-electron chi connectivity index (χ4n) is 2.62. The van der Waals surface area contributed by atoms with Crippen LogP contribution in [0.15, 0.2) is 0 Å². The van der Waals surface area contributed by atoms with E-state index < -0.39 is 0 Å². The molecule has 94 valence electrons. The van der Waals surface area contributed by atoms with Crippen LogP contribution in [0.2, 0.25) is 0 Å². The van der Waals surface area contributed by atoms with Gasteiger partial charge in [-0.3, -0.25) is 4.79 Å². The van der Waals surface area contributed by atoms with Gasteiger partial charge in [0.05, 0.1) is 0 Å². The molecule has 0 aromatic heterocycles. The molecule has 1 aliphatic rings. The van der Waals surface area contributed by atoms with Crippen molar-refractivity contribution in [3.05, 3.63) is 0 Å². The second-order valence-corrected chi connectivity index (χ2v) is 4.72. The summed E-state index contributed by atoms with van der Waals surface area (Å²) in [4.78, 5) is 11.3. The molecule has 2 atom stereocenters. The van der Waals surface area contributed by atoms with Gasteiger partial charge in [0.15, 0.2) is 0 Å². The van der Waals surface area contributed by atoms with Gasteiger partial charge in [-0.25, -0.2) is 0 Å². The molecule has 0 aromatic carbocycles. The zero-order chi connectivity index (χ0) is 11.8. The lowest BCUT2D eigenvalue weighted by Gasteiger charge is -2.31. The number of carbonyl (C=O) groups is 1. The van der Waals surface area contributed by atoms with E-state index in [4.69, 9.17) is 0 Å². The lowest BCUT2D eigenvalue weighted by Crippen LogP contribution is -2.40. The molecule has 1 amide bonds. The summed E-state index contributed by atoms with van der Waals surface area (Å²) in [6.45, 7) is 5.79. The topological polar surface area (TPSA) is 41.1 Å². The highest BCUT2D eigenvalue weighted by Crippen LogP contribution is 2.26. The average Bonchev–Trinajstić information content (AvgIpc) is 2.30. The van der Waals surface area contributed by atoms with Crippen molar-refractivity contribution in [1.29, 1.82) is 0 Å². The van der Waals surface area contributed by atoms with Gasteiger partial charge in [0.2, 0.25) is 5.91 Å². The van der Waals surface area contributed by atoms with Crippen LogP contribution in [-0.2, 0) is 4.79 Å². The number of rotatable bonds is 6. The summed E-state index contributed by atoms with van der Waals surface area (Å²) in [6.07, 6.45) is 7.24. The summed E-state index contributed by atoms with van der Waals surface area (Å²) in [6, 6.07) is 0.646. The third-order valence-corrected chi connectivity index (χ3v) is 3.57. The lowest BCUT2D eigenvalue weighted by atomic mass is 9.83. The Hall–Kier alpha value is -0.570. The molecule has 0 heterocycles. The first kappa shape index (κ1) is 13.5. The van der Waals surface area contributed by atoms with Crippen LogP contribution in [-0.4, -0.2) is 25.0 Å².